The molecule has 14 heavy (non-hydrogen) atoms. The molecule has 3 saturated heterocycles. The molecule has 0 spiro atoms. The van der Waals surface area contributed by atoms with E-state index in [0.29, 0.717) is 13.2 Å². The average Bonchev–Trinajstić information content (AvgIpc) is 2.54. The third kappa shape index (κ3) is 0.724. The van der Waals surface area contributed by atoms with Crippen molar-refractivity contribution in [3.05, 3.63) is 0 Å². The van der Waals surface area contributed by atoms with Crippen LogP contribution in [-0.2, 0) is 18.9 Å². The maximum atomic E-state index is 5.99. The fraction of sp³-hybridized carbons (Fsp3) is 1.00. The van der Waals surface area contributed by atoms with Gasteiger partial charge in [-0.25, -0.2) is 0 Å². The number of ether oxygens (including phenoxy) is 4. The molecule has 0 amide bonds. The molecule has 0 aromatic carbocycles. The monoisotopic (exact) mass is 200 g/mol. The fourth-order valence-corrected chi connectivity index (χ4v) is 2.50. The summed E-state index contributed by atoms with van der Waals surface area (Å²) in [5, 5.41) is 0. The van der Waals surface area contributed by atoms with E-state index in [0.717, 1.165) is 0 Å². The second-order valence-electron chi connectivity index (χ2n) is 5.13. The molecule has 4 atom stereocenters. The molecule has 0 aromatic heterocycles. The molecule has 3 aliphatic rings. The normalized spacial score (nSPS) is 66.0. The van der Waals surface area contributed by atoms with Gasteiger partial charge in [0.2, 0.25) is 0 Å². The highest BCUT2D eigenvalue weighted by Gasteiger charge is 2.74. The van der Waals surface area contributed by atoms with E-state index in [4.69, 9.17) is 18.9 Å². The van der Waals surface area contributed by atoms with Crippen molar-refractivity contribution in [2.24, 2.45) is 0 Å². The molecule has 4 heteroatoms. The molecular weight excluding hydrogens is 184 g/mol. The molecule has 4 nitrogen and oxygen atoms in total. The van der Waals surface area contributed by atoms with Gasteiger partial charge < -0.3 is 18.9 Å². The second kappa shape index (κ2) is 2.02. The van der Waals surface area contributed by atoms with Crippen LogP contribution in [0.5, 0.6) is 0 Å². The van der Waals surface area contributed by atoms with Gasteiger partial charge in [0.05, 0.1) is 13.2 Å². The van der Waals surface area contributed by atoms with E-state index in [2.05, 4.69) is 0 Å². The van der Waals surface area contributed by atoms with Crippen LogP contribution in [0.1, 0.15) is 27.7 Å². The van der Waals surface area contributed by atoms with Crippen molar-refractivity contribution < 1.29 is 18.9 Å². The van der Waals surface area contributed by atoms with Crippen LogP contribution < -0.4 is 0 Å². The van der Waals surface area contributed by atoms with Crippen molar-refractivity contribution >= 4 is 0 Å². The minimum Gasteiger partial charge on any atom is -0.344 e. The lowest BCUT2D eigenvalue weighted by molar-refractivity contribution is -0.371. The van der Waals surface area contributed by atoms with Gasteiger partial charge in [-0.1, -0.05) is 0 Å². The van der Waals surface area contributed by atoms with E-state index >= 15 is 0 Å². The number of fused-ring (bicyclic) bond motifs is 6. The first-order valence-corrected chi connectivity index (χ1v) is 5.01. The highest BCUT2D eigenvalue weighted by Crippen LogP contribution is 2.57. The Balaban J connectivity index is 2.14. The van der Waals surface area contributed by atoms with Gasteiger partial charge >= 0.3 is 0 Å². The van der Waals surface area contributed by atoms with Crippen LogP contribution in [-0.4, -0.2) is 36.0 Å². The first kappa shape index (κ1) is 9.09. The van der Waals surface area contributed by atoms with E-state index in [1.165, 1.54) is 0 Å². The third-order valence-corrected chi connectivity index (χ3v) is 4.01. The summed E-state index contributed by atoms with van der Waals surface area (Å²) in [4.78, 5) is 0. The van der Waals surface area contributed by atoms with Gasteiger partial charge in [0, 0.05) is 0 Å². The number of hydrogen-bond acceptors (Lipinski definition) is 4. The second-order valence-corrected chi connectivity index (χ2v) is 5.13. The summed E-state index contributed by atoms with van der Waals surface area (Å²) in [5.74, 6) is -1.34. The van der Waals surface area contributed by atoms with Crippen molar-refractivity contribution in [3.63, 3.8) is 0 Å². The standard InChI is InChI=1S/C10H16O4/c1-7-5-11-10(4,13-7)8(2)6-12-9(7,3)14-8/h5-6H2,1-4H3/t7-,8+,9+,10-. The first-order chi connectivity index (χ1) is 6.33. The number of hydrogen-bond donors (Lipinski definition) is 0. The minimum absolute atomic E-state index is 0.488. The molecule has 80 valence electrons. The van der Waals surface area contributed by atoms with Crippen LogP contribution >= 0.6 is 0 Å². The van der Waals surface area contributed by atoms with Crippen LogP contribution in [0.25, 0.3) is 0 Å². The molecule has 3 aliphatic heterocycles. The molecule has 3 heterocycles. The topological polar surface area (TPSA) is 36.9 Å². The van der Waals surface area contributed by atoms with Crippen LogP contribution in [0.2, 0.25) is 0 Å². The van der Waals surface area contributed by atoms with Gasteiger partial charge in [-0.05, 0) is 27.7 Å². The molecule has 3 fully saturated rings. The zero-order valence-electron chi connectivity index (χ0n) is 9.05. The zero-order chi connectivity index (χ0) is 10.2. The summed E-state index contributed by atoms with van der Waals surface area (Å²) in [6.07, 6.45) is 0. The van der Waals surface area contributed by atoms with Crippen molar-refractivity contribution in [1.82, 2.24) is 0 Å². The SMILES string of the molecule is C[C@]12OC[C@](C)(O1)[C@]1(C)OC[C@@]2(C)O1. The van der Waals surface area contributed by atoms with Gasteiger partial charge in [0.25, 0.3) is 0 Å². The molecule has 0 aliphatic carbocycles. The van der Waals surface area contributed by atoms with Gasteiger partial charge in [0.15, 0.2) is 11.6 Å². The van der Waals surface area contributed by atoms with Crippen LogP contribution in [0, 0.1) is 0 Å². The van der Waals surface area contributed by atoms with Crippen molar-refractivity contribution in [1.29, 1.82) is 0 Å². The largest absolute Gasteiger partial charge is 0.344 e. The Bertz CT molecular complexity index is 248. The average molecular weight is 200 g/mol. The molecule has 0 unspecified atom stereocenters. The maximum Gasteiger partial charge on any atom is 0.197 e. The summed E-state index contributed by atoms with van der Waals surface area (Å²) >= 11 is 0. The molecular formula is C10H16O4. The van der Waals surface area contributed by atoms with Gasteiger partial charge in [0.1, 0.15) is 11.2 Å². The Morgan fingerprint density at radius 2 is 1.07 bits per heavy atom. The lowest BCUT2D eigenvalue weighted by Crippen LogP contribution is -2.63. The van der Waals surface area contributed by atoms with Gasteiger partial charge in [-0.2, -0.15) is 0 Å². The third-order valence-electron chi connectivity index (χ3n) is 4.01. The summed E-state index contributed by atoms with van der Waals surface area (Å²) < 4.78 is 23.5. The van der Waals surface area contributed by atoms with Crippen LogP contribution in [0.4, 0.5) is 0 Å². The Morgan fingerprint density at radius 1 is 0.714 bits per heavy atom. The Hall–Kier alpha value is -0.160. The quantitative estimate of drug-likeness (QED) is 0.585. The van der Waals surface area contributed by atoms with Crippen LogP contribution in [0.15, 0.2) is 0 Å². The maximum absolute atomic E-state index is 5.99. The molecule has 0 aromatic rings. The van der Waals surface area contributed by atoms with E-state index < -0.39 is 22.8 Å². The van der Waals surface area contributed by atoms with Crippen molar-refractivity contribution in [2.45, 2.75) is 50.5 Å². The molecule has 0 saturated carbocycles. The molecule has 0 radical (unpaired) electrons. The Kier molecular flexibility index (Phi) is 1.31. The minimum atomic E-state index is -0.669. The number of rotatable bonds is 0. The Morgan fingerprint density at radius 3 is 1.43 bits per heavy atom. The summed E-state index contributed by atoms with van der Waals surface area (Å²) in [7, 11) is 0. The van der Waals surface area contributed by atoms with E-state index in [1.807, 2.05) is 27.7 Å². The molecule has 4 bridgehead atoms. The highest BCUT2D eigenvalue weighted by atomic mass is 16.9. The van der Waals surface area contributed by atoms with Gasteiger partial charge in [-0.15, -0.1) is 0 Å². The van der Waals surface area contributed by atoms with Crippen LogP contribution in [0.3, 0.4) is 0 Å². The lowest BCUT2D eigenvalue weighted by Gasteiger charge is -2.47. The predicted octanol–water partition coefficient (Wildman–Crippen LogP) is 1.04. The highest BCUT2D eigenvalue weighted by molar-refractivity contribution is 5.12. The summed E-state index contributed by atoms with van der Waals surface area (Å²) in [5.41, 5.74) is -0.977. The summed E-state index contributed by atoms with van der Waals surface area (Å²) in [6, 6.07) is 0. The van der Waals surface area contributed by atoms with Crippen molar-refractivity contribution in [2.75, 3.05) is 13.2 Å². The van der Waals surface area contributed by atoms with Gasteiger partial charge in [-0.3, -0.25) is 0 Å². The Labute approximate surface area is 83.5 Å². The zero-order valence-corrected chi connectivity index (χ0v) is 9.05. The lowest BCUT2D eigenvalue weighted by atomic mass is 9.93. The van der Waals surface area contributed by atoms with Crippen molar-refractivity contribution in [3.8, 4) is 0 Å². The smallest absolute Gasteiger partial charge is 0.197 e. The predicted molar refractivity (Wildman–Crippen MR) is 47.7 cm³/mol. The van der Waals surface area contributed by atoms with E-state index in [9.17, 15) is 0 Å². The first-order valence-electron chi connectivity index (χ1n) is 5.01. The fourth-order valence-electron chi connectivity index (χ4n) is 2.50. The molecule has 3 rings (SSSR count). The van der Waals surface area contributed by atoms with E-state index in [1.54, 1.807) is 0 Å². The molecule has 0 N–H and O–H groups in total. The summed E-state index contributed by atoms with van der Waals surface area (Å²) in [6.45, 7) is 8.84. The van der Waals surface area contributed by atoms with E-state index in [-0.39, 0.29) is 0 Å².